The van der Waals surface area contributed by atoms with E-state index in [2.05, 4.69) is 0 Å². The molecule has 1 rings (SSSR count). The highest BCUT2D eigenvalue weighted by Crippen LogP contribution is 2.39. The fourth-order valence-electron chi connectivity index (χ4n) is 1.69. The molecule has 0 fully saturated rings. The number of hydrogen-bond donors (Lipinski definition) is 0. The molecule has 0 aliphatic heterocycles. The molecule has 0 saturated carbocycles. The van der Waals surface area contributed by atoms with Crippen molar-refractivity contribution in [1.82, 2.24) is 0 Å². The first-order chi connectivity index (χ1) is 11.2. The summed E-state index contributed by atoms with van der Waals surface area (Å²) in [6.07, 6.45) is 0.458. The maximum atomic E-state index is 11.9. The summed E-state index contributed by atoms with van der Waals surface area (Å²) in [5, 5.41) is 17.7. The second kappa shape index (κ2) is 7.89. The highest BCUT2D eigenvalue weighted by Gasteiger charge is 2.22. The number of carbonyl (C=O) groups excluding carboxylic acids is 1. The number of nitriles is 2. The van der Waals surface area contributed by atoms with Gasteiger partial charge in [0, 0.05) is 0 Å². The van der Waals surface area contributed by atoms with Gasteiger partial charge in [0.2, 0.25) is 5.75 Å². The van der Waals surface area contributed by atoms with Gasteiger partial charge in [0.15, 0.2) is 11.5 Å². The molecular weight excluding hydrogens is 312 g/mol. The van der Waals surface area contributed by atoms with Crippen molar-refractivity contribution >= 4 is 12.2 Å². The van der Waals surface area contributed by atoms with Crippen LogP contribution in [0.4, 0.5) is 4.79 Å². The topological polar surface area (TPSA) is 102 Å². The van der Waals surface area contributed by atoms with Crippen LogP contribution in [0.2, 0.25) is 0 Å². The van der Waals surface area contributed by atoms with Crippen molar-refractivity contribution < 1.29 is 23.7 Å². The molecule has 0 heterocycles. The van der Waals surface area contributed by atoms with Gasteiger partial charge in [-0.25, -0.2) is 4.79 Å². The highest BCUT2D eigenvalue weighted by atomic mass is 16.7. The van der Waals surface area contributed by atoms with E-state index in [4.69, 9.17) is 29.5 Å². The summed E-state index contributed by atoms with van der Waals surface area (Å²) in [6.45, 7) is 5.13. The molecule has 0 atom stereocenters. The lowest BCUT2D eigenvalue weighted by Gasteiger charge is -2.20. The third-order valence-electron chi connectivity index (χ3n) is 2.61. The number of methoxy groups -OCH3 is 2. The average Bonchev–Trinajstić information content (AvgIpc) is 2.51. The Balaban J connectivity index is 3.27. The van der Waals surface area contributed by atoms with Gasteiger partial charge in [-0.2, -0.15) is 10.5 Å². The first kappa shape index (κ1) is 18.9. The third kappa shape index (κ3) is 5.22. The summed E-state index contributed by atoms with van der Waals surface area (Å²) in [5.41, 5.74) is -0.312. The standard InChI is InChI=1S/C17H18N2O5/c1-17(2,3)24-16(20)23-15-13(21-4)7-11(8-14(15)22-5)6-12(9-18)10-19/h6-8H,1-5H3. The van der Waals surface area contributed by atoms with Crippen molar-refractivity contribution in [2.45, 2.75) is 26.4 Å². The Labute approximate surface area is 140 Å². The van der Waals surface area contributed by atoms with Crippen molar-refractivity contribution in [3.63, 3.8) is 0 Å². The Morgan fingerprint density at radius 2 is 1.58 bits per heavy atom. The quantitative estimate of drug-likeness (QED) is 0.473. The maximum absolute atomic E-state index is 11.9. The Morgan fingerprint density at radius 1 is 1.08 bits per heavy atom. The molecule has 0 aromatic heterocycles. The van der Waals surface area contributed by atoms with Crippen LogP contribution in [0, 0.1) is 22.7 Å². The van der Waals surface area contributed by atoms with E-state index in [1.54, 1.807) is 32.9 Å². The Kier molecular flexibility index (Phi) is 6.20. The number of hydrogen-bond acceptors (Lipinski definition) is 7. The molecule has 0 amide bonds. The minimum absolute atomic E-state index is 0.0434. The van der Waals surface area contributed by atoms with Crippen molar-refractivity contribution in [3.05, 3.63) is 23.3 Å². The van der Waals surface area contributed by atoms with Crippen molar-refractivity contribution in [1.29, 1.82) is 10.5 Å². The van der Waals surface area contributed by atoms with E-state index in [0.29, 0.717) is 5.56 Å². The number of ether oxygens (including phenoxy) is 4. The van der Waals surface area contributed by atoms with Crippen molar-refractivity contribution in [3.8, 4) is 29.4 Å². The Morgan fingerprint density at radius 3 is 1.96 bits per heavy atom. The van der Waals surface area contributed by atoms with Crippen LogP contribution in [0.3, 0.4) is 0 Å². The minimum Gasteiger partial charge on any atom is -0.493 e. The van der Waals surface area contributed by atoms with Gasteiger partial charge in [0.1, 0.15) is 23.3 Å². The Hall–Kier alpha value is -3.19. The van der Waals surface area contributed by atoms with Gasteiger partial charge in [-0.15, -0.1) is 0 Å². The molecule has 1 aromatic carbocycles. The fraction of sp³-hybridized carbons (Fsp3) is 0.353. The summed E-state index contributed by atoms with van der Waals surface area (Å²) < 4.78 is 20.7. The van der Waals surface area contributed by atoms with E-state index < -0.39 is 11.8 Å². The van der Waals surface area contributed by atoms with E-state index in [-0.39, 0.29) is 22.8 Å². The van der Waals surface area contributed by atoms with Crippen LogP contribution in [-0.4, -0.2) is 26.0 Å². The van der Waals surface area contributed by atoms with Crippen LogP contribution in [0.5, 0.6) is 17.2 Å². The number of benzene rings is 1. The molecule has 0 saturated heterocycles. The predicted molar refractivity (Wildman–Crippen MR) is 85.6 cm³/mol. The molecule has 0 aliphatic carbocycles. The summed E-state index contributed by atoms with van der Waals surface area (Å²) in [6, 6.07) is 6.54. The number of nitrogens with zero attached hydrogens (tertiary/aromatic N) is 2. The summed E-state index contributed by atoms with van der Waals surface area (Å²) in [4.78, 5) is 11.9. The van der Waals surface area contributed by atoms with Crippen LogP contribution in [0.25, 0.3) is 6.08 Å². The zero-order valence-electron chi connectivity index (χ0n) is 14.2. The summed E-state index contributed by atoms with van der Waals surface area (Å²) in [7, 11) is 2.78. The molecule has 1 aromatic rings. The highest BCUT2D eigenvalue weighted by molar-refractivity contribution is 5.72. The summed E-state index contributed by atoms with van der Waals surface area (Å²) >= 11 is 0. The zero-order valence-corrected chi connectivity index (χ0v) is 14.2. The second-order valence-electron chi connectivity index (χ2n) is 5.60. The zero-order chi connectivity index (χ0) is 18.3. The number of rotatable bonds is 4. The molecule has 126 valence electrons. The maximum Gasteiger partial charge on any atom is 0.514 e. The van der Waals surface area contributed by atoms with Gasteiger partial charge in [0.05, 0.1) is 14.2 Å². The lowest BCUT2D eigenvalue weighted by molar-refractivity contribution is 0.0195. The van der Waals surface area contributed by atoms with Gasteiger partial charge in [-0.3, -0.25) is 0 Å². The van der Waals surface area contributed by atoms with Crippen LogP contribution >= 0.6 is 0 Å². The second-order valence-corrected chi connectivity index (χ2v) is 5.60. The van der Waals surface area contributed by atoms with E-state index in [0.717, 1.165) is 0 Å². The van der Waals surface area contributed by atoms with Gasteiger partial charge in [-0.1, -0.05) is 0 Å². The van der Waals surface area contributed by atoms with E-state index >= 15 is 0 Å². The monoisotopic (exact) mass is 330 g/mol. The Bertz CT molecular complexity index is 692. The molecule has 0 aliphatic rings. The minimum atomic E-state index is -0.905. The molecule has 0 spiro atoms. The van der Waals surface area contributed by atoms with Crippen molar-refractivity contribution in [2.75, 3.05) is 14.2 Å². The normalized spacial score (nSPS) is 9.96. The predicted octanol–water partition coefficient (Wildman–Crippen LogP) is 3.45. The fourth-order valence-corrected chi connectivity index (χ4v) is 1.69. The third-order valence-corrected chi connectivity index (χ3v) is 2.61. The van der Waals surface area contributed by atoms with Gasteiger partial charge < -0.3 is 18.9 Å². The first-order valence-electron chi connectivity index (χ1n) is 6.92. The van der Waals surface area contributed by atoms with Gasteiger partial charge >= 0.3 is 6.16 Å². The molecule has 0 unspecified atom stereocenters. The largest absolute Gasteiger partial charge is 0.514 e. The molecule has 0 radical (unpaired) electrons. The van der Waals surface area contributed by atoms with Crippen molar-refractivity contribution in [2.24, 2.45) is 0 Å². The first-order valence-corrected chi connectivity index (χ1v) is 6.92. The SMILES string of the molecule is COc1cc(C=C(C#N)C#N)cc(OC)c1OC(=O)OC(C)(C)C. The van der Waals surface area contributed by atoms with Crippen LogP contribution in [0.15, 0.2) is 17.7 Å². The molecule has 0 N–H and O–H groups in total. The van der Waals surface area contributed by atoms with E-state index in [1.165, 1.54) is 32.4 Å². The van der Waals surface area contributed by atoms with E-state index in [1.807, 2.05) is 0 Å². The lowest BCUT2D eigenvalue weighted by atomic mass is 10.1. The molecule has 7 heteroatoms. The number of allylic oxidation sites excluding steroid dienone is 1. The van der Waals surface area contributed by atoms with Crippen LogP contribution in [0.1, 0.15) is 26.3 Å². The molecule has 24 heavy (non-hydrogen) atoms. The van der Waals surface area contributed by atoms with Crippen LogP contribution in [-0.2, 0) is 4.74 Å². The van der Waals surface area contributed by atoms with E-state index in [9.17, 15) is 4.79 Å². The van der Waals surface area contributed by atoms with Crippen LogP contribution < -0.4 is 14.2 Å². The lowest BCUT2D eigenvalue weighted by Crippen LogP contribution is -2.26. The molecule has 7 nitrogen and oxygen atoms in total. The summed E-state index contributed by atoms with van der Waals surface area (Å²) in [5.74, 6) is 0.435. The average molecular weight is 330 g/mol. The smallest absolute Gasteiger partial charge is 0.493 e. The van der Waals surface area contributed by atoms with Gasteiger partial charge in [0.25, 0.3) is 0 Å². The molecule has 0 bridgehead atoms. The molecular formula is C17H18N2O5. The number of carbonyl (C=O) groups is 1. The van der Waals surface area contributed by atoms with Gasteiger partial charge in [-0.05, 0) is 44.5 Å².